The summed E-state index contributed by atoms with van der Waals surface area (Å²) in [5.74, 6) is 2.81. The Morgan fingerprint density at radius 1 is 1.14 bits per heavy atom. The van der Waals surface area contributed by atoms with Crippen LogP contribution in [0.25, 0.3) is 0 Å². The highest BCUT2D eigenvalue weighted by Gasteiger charge is 2.21. The molecule has 0 aliphatic carbocycles. The van der Waals surface area contributed by atoms with Crippen LogP contribution in [0.5, 0.6) is 0 Å². The van der Waals surface area contributed by atoms with Gasteiger partial charge in [0.05, 0.1) is 13.2 Å². The third kappa shape index (κ3) is 4.22. The second kappa shape index (κ2) is 7.63. The number of nitrogen functional groups attached to an aromatic ring is 1. The Morgan fingerprint density at radius 3 is 2.27 bits per heavy atom. The molecule has 0 spiro atoms. The lowest BCUT2D eigenvalue weighted by molar-refractivity contribution is 0.122. The Hall–Kier alpha value is -1.56. The highest BCUT2D eigenvalue weighted by Crippen LogP contribution is 2.30. The van der Waals surface area contributed by atoms with Crippen LogP contribution < -0.4 is 15.5 Å². The first-order valence-corrected chi connectivity index (χ1v) is 8.17. The number of anilines is 3. The van der Waals surface area contributed by atoms with E-state index >= 15 is 0 Å². The summed E-state index contributed by atoms with van der Waals surface area (Å²) in [6.45, 7) is 13.9. The van der Waals surface area contributed by atoms with Crippen molar-refractivity contribution in [2.24, 2.45) is 11.8 Å². The summed E-state index contributed by atoms with van der Waals surface area (Å²) in [5.41, 5.74) is 7.10. The van der Waals surface area contributed by atoms with Crippen molar-refractivity contribution in [2.45, 2.75) is 27.7 Å². The number of ether oxygens (including phenoxy) is 1. The molecule has 2 heterocycles. The first kappa shape index (κ1) is 16.8. The van der Waals surface area contributed by atoms with Crippen LogP contribution in [0.1, 0.15) is 27.7 Å². The first-order chi connectivity index (χ1) is 10.5. The molecule has 0 aromatic carbocycles. The molecule has 6 heteroatoms. The zero-order chi connectivity index (χ0) is 16.1. The third-order valence-corrected chi connectivity index (χ3v) is 3.62. The second-order valence-corrected chi connectivity index (χ2v) is 6.73. The average molecular weight is 307 g/mol. The van der Waals surface area contributed by atoms with Crippen molar-refractivity contribution in [1.29, 1.82) is 0 Å². The Kier molecular flexibility index (Phi) is 5.83. The van der Waals surface area contributed by atoms with Crippen LogP contribution >= 0.6 is 0 Å². The van der Waals surface area contributed by atoms with Gasteiger partial charge in [0.15, 0.2) is 11.6 Å². The zero-order valence-electron chi connectivity index (χ0n) is 14.2. The van der Waals surface area contributed by atoms with Gasteiger partial charge in [-0.15, -0.1) is 0 Å². The highest BCUT2D eigenvalue weighted by atomic mass is 16.5. The van der Waals surface area contributed by atoms with Crippen molar-refractivity contribution in [2.75, 3.05) is 54.9 Å². The molecule has 0 atom stereocenters. The molecule has 0 saturated carbocycles. The van der Waals surface area contributed by atoms with E-state index in [1.807, 2.05) is 0 Å². The Morgan fingerprint density at radius 2 is 1.73 bits per heavy atom. The standard InChI is InChI=1S/C16H29N5O/c1-12(2)9-21(10-13(3)4)16-14(17)15(18-11-19-16)20-5-7-22-8-6-20/h11-13H,5-10,17H2,1-4H3. The Bertz CT molecular complexity index is 462. The van der Waals surface area contributed by atoms with E-state index in [2.05, 4.69) is 47.5 Å². The maximum Gasteiger partial charge on any atom is 0.157 e. The van der Waals surface area contributed by atoms with Gasteiger partial charge in [-0.25, -0.2) is 9.97 Å². The minimum absolute atomic E-state index is 0.556. The molecule has 1 aromatic heterocycles. The number of nitrogens with zero attached hydrogens (tertiary/aromatic N) is 4. The van der Waals surface area contributed by atoms with Gasteiger partial charge in [-0.05, 0) is 11.8 Å². The molecule has 1 saturated heterocycles. The van der Waals surface area contributed by atoms with E-state index < -0.39 is 0 Å². The lowest BCUT2D eigenvalue weighted by atomic mass is 10.1. The molecule has 1 fully saturated rings. The molecule has 2 N–H and O–H groups in total. The molecule has 0 radical (unpaired) electrons. The van der Waals surface area contributed by atoms with Gasteiger partial charge >= 0.3 is 0 Å². The highest BCUT2D eigenvalue weighted by molar-refractivity contribution is 5.75. The topological polar surface area (TPSA) is 67.5 Å². The van der Waals surface area contributed by atoms with E-state index in [-0.39, 0.29) is 0 Å². The number of rotatable bonds is 6. The number of morpholine rings is 1. The lowest BCUT2D eigenvalue weighted by Gasteiger charge is -2.32. The van der Waals surface area contributed by atoms with Crippen LogP contribution in [-0.2, 0) is 4.74 Å². The number of hydrogen-bond acceptors (Lipinski definition) is 6. The van der Waals surface area contributed by atoms with E-state index in [1.54, 1.807) is 6.33 Å². The van der Waals surface area contributed by atoms with E-state index in [1.165, 1.54) is 0 Å². The molecule has 1 aliphatic rings. The van der Waals surface area contributed by atoms with E-state index in [4.69, 9.17) is 10.5 Å². The van der Waals surface area contributed by atoms with E-state index in [9.17, 15) is 0 Å². The SMILES string of the molecule is CC(C)CN(CC(C)C)c1ncnc(N2CCOCC2)c1N. The summed E-state index contributed by atoms with van der Waals surface area (Å²) in [4.78, 5) is 13.4. The molecule has 0 unspecified atom stereocenters. The molecular weight excluding hydrogens is 278 g/mol. The van der Waals surface area contributed by atoms with Crippen LogP contribution in [0.15, 0.2) is 6.33 Å². The molecule has 0 bridgehead atoms. The van der Waals surface area contributed by atoms with Crippen LogP contribution in [0.2, 0.25) is 0 Å². The van der Waals surface area contributed by atoms with E-state index in [0.717, 1.165) is 51.0 Å². The fourth-order valence-electron chi connectivity index (χ4n) is 2.79. The summed E-state index contributed by atoms with van der Waals surface area (Å²) in [5, 5.41) is 0. The number of hydrogen-bond donors (Lipinski definition) is 1. The summed E-state index contributed by atoms with van der Waals surface area (Å²) in [6.07, 6.45) is 1.63. The molecule has 6 nitrogen and oxygen atoms in total. The molecule has 2 rings (SSSR count). The molecule has 22 heavy (non-hydrogen) atoms. The number of nitrogens with two attached hydrogens (primary N) is 1. The monoisotopic (exact) mass is 307 g/mol. The van der Waals surface area contributed by atoms with Crippen LogP contribution in [-0.4, -0.2) is 49.4 Å². The van der Waals surface area contributed by atoms with Crippen LogP contribution in [0, 0.1) is 11.8 Å². The van der Waals surface area contributed by atoms with Gasteiger partial charge < -0.3 is 20.3 Å². The van der Waals surface area contributed by atoms with Crippen molar-refractivity contribution < 1.29 is 4.74 Å². The fraction of sp³-hybridized carbons (Fsp3) is 0.750. The zero-order valence-corrected chi connectivity index (χ0v) is 14.2. The van der Waals surface area contributed by atoms with Crippen molar-refractivity contribution in [3.05, 3.63) is 6.33 Å². The molecule has 1 aliphatic heterocycles. The van der Waals surface area contributed by atoms with Gasteiger partial charge in [-0.1, -0.05) is 27.7 Å². The summed E-state index contributed by atoms with van der Waals surface area (Å²) >= 11 is 0. The largest absolute Gasteiger partial charge is 0.393 e. The molecule has 124 valence electrons. The van der Waals surface area contributed by atoms with Crippen molar-refractivity contribution in [3.8, 4) is 0 Å². The normalized spacial score (nSPS) is 15.6. The van der Waals surface area contributed by atoms with Crippen molar-refractivity contribution >= 4 is 17.3 Å². The van der Waals surface area contributed by atoms with Crippen molar-refractivity contribution in [1.82, 2.24) is 9.97 Å². The predicted molar refractivity (Wildman–Crippen MR) is 91.4 cm³/mol. The van der Waals surface area contributed by atoms with Gasteiger partial charge in [-0.3, -0.25) is 0 Å². The Labute approximate surface area is 133 Å². The molecule has 0 amide bonds. The lowest BCUT2D eigenvalue weighted by Crippen LogP contribution is -2.38. The maximum absolute atomic E-state index is 6.42. The van der Waals surface area contributed by atoms with Gasteiger partial charge in [0.25, 0.3) is 0 Å². The van der Waals surface area contributed by atoms with Gasteiger partial charge in [-0.2, -0.15) is 0 Å². The van der Waals surface area contributed by atoms with Gasteiger partial charge in [0.1, 0.15) is 12.0 Å². The Balaban J connectivity index is 2.27. The van der Waals surface area contributed by atoms with Gasteiger partial charge in [0.2, 0.25) is 0 Å². The summed E-state index contributed by atoms with van der Waals surface area (Å²) < 4.78 is 5.41. The van der Waals surface area contributed by atoms with Crippen LogP contribution in [0.4, 0.5) is 17.3 Å². The molecule has 1 aromatic rings. The van der Waals surface area contributed by atoms with Crippen LogP contribution in [0.3, 0.4) is 0 Å². The minimum atomic E-state index is 0.556. The van der Waals surface area contributed by atoms with Crippen molar-refractivity contribution in [3.63, 3.8) is 0 Å². The average Bonchev–Trinajstić information content (AvgIpc) is 2.47. The second-order valence-electron chi connectivity index (χ2n) is 6.73. The maximum atomic E-state index is 6.42. The predicted octanol–water partition coefficient (Wildman–Crippen LogP) is 2.01. The molecular formula is C16H29N5O. The van der Waals surface area contributed by atoms with E-state index in [0.29, 0.717) is 17.5 Å². The summed E-state index contributed by atoms with van der Waals surface area (Å²) in [7, 11) is 0. The van der Waals surface area contributed by atoms with Gasteiger partial charge in [0, 0.05) is 26.2 Å². The smallest absolute Gasteiger partial charge is 0.157 e. The first-order valence-electron chi connectivity index (χ1n) is 8.17. The minimum Gasteiger partial charge on any atom is -0.393 e. The third-order valence-electron chi connectivity index (χ3n) is 3.62. The fourth-order valence-corrected chi connectivity index (χ4v) is 2.79. The number of aromatic nitrogens is 2. The quantitative estimate of drug-likeness (QED) is 0.867. The summed E-state index contributed by atoms with van der Waals surface area (Å²) in [6, 6.07) is 0.